The zero-order valence-corrected chi connectivity index (χ0v) is 12.7. The lowest BCUT2D eigenvalue weighted by Crippen LogP contribution is -2.35. The van der Waals surface area contributed by atoms with Gasteiger partial charge in [0.15, 0.2) is 0 Å². The van der Waals surface area contributed by atoms with Gasteiger partial charge in [-0.3, -0.25) is 4.79 Å². The summed E-state index contributed by atoms with van der Waals surface area (Å²) in [6.45, 7) is 0.400. The van der Waals surface area contributed by atoms with Crippen LogP contribution in [0.2, 0.25) is 0 Å². The first-order valence-corrected chi connectivity index (χ1v) is 8.01. The molecule has 110 valence electrons. The average Bonchev–Trinajstić information content (AvgIpc) is 3.22. The molecule has 21 heavy (non-hydrogen) atoms. The third kappa shape index (κ3) is 3.31. The number of hydrogen-bond acceptors (Lipinski definition) is 4. The normalized spacial score (nSPS) is 15.7. The summed E-state index contributed by atoms with van der Waals surface area (Å²) in [5.41, 5.74) is 4.37. The average molecular weight is 302 g/mol. The molecule has 0 aliphatic heterocycles. The molecule has 5 heteroatoms. The lowest BCUT2D eigenvalue weighted by molar-refractivity contribution is 0.0645. The maximum absolute atomic E-state index is 12.3. The molecule has 1 unspecified atom stereocenters. The van der Waals surface area contributed by atoms with E-state index in [-0.39, 0.29) is 5.91 Å². The molecule has 0 saturated heterocycles. The summed E-state index contributed by atoms with van der Waals surface area (Å²) in [6, 6.07) is 7.45. The Morgan fingerprint density at radius 1 is 1.43 bits per heavy atom. The molecule has 0 spiro atoms. The number of carbonyl (C=O) groups excluding carboxylic acids is 1. The van der Waals surface area contributed by atoms with Crippen LogP contribution in [0.5, 0.6) is 0 Å². The van der Waals surface area contributed by atoms with Crippen molar-refractivity contribution in [1.29, 1.82) is 0 Å². The van der Waals surface area contributed by atoms with Gasteiger partial charge in [0.1, 0.15) is 0 Å². The molecule has 3 rings (SSSR count). The van der Waals surface area contributed by atoms with E-state index in [0.717, 1.165) is 24.1 Å². The molecule has 1 aliphatic carbocycles. The van der Waals surface area contributed by atoms with E-state index in [1.54, 1.807) is 28.8 Å². The lowest BCUT2D eigenvalue weighted by atomic mass is 10.1. The number of thiazole rings is 1. The molecule has 4 nitrogen and oxygen atoms in total. The summed E-state index contributed by atoms with van der Waals surface area (Å²) < 4.78 is 0. The van der Waals surface area contributed by atoms with Crippen molar-refractivity contribution in [3.05, 3.63) is 40.7 Å². The van der Waals surface area contributed by atoms with Gasteiger partial charge in [0.25, 0.3) is 5.91 Å². The number of likely N-dealkylation sites (N-methyl/N-ethyl adjacent to an activating group) is 1. The fourth-order valence-electron chi connectivity index (χ4n) is 2.35. The van der Waals surface area contributed by atoms with E-state index in [9.17, 15) is 9.90 Å². The van der Waals surface area contributed by atoms with Gasteiger partial charge in [0.2, 0.25) is 0 Å². The number of carbonyl (C=O) groups is 1. The molecular weight excluding hydrogens is 284 g/mol. The molecule has 2 aromatic rings. The minimum Gasteiger partial charge on any atom is -0.391 e. The van der Waals surface area contributed by atoms with Crippen LogP contribution in [0.15, 0.2) is 35.2 Å². The quantitative estimate of drug-likeness (QED) is 0.924. The van der Waals surface area contributed by atoms with Crippen molar-refractivity contribution in [2.24, 2.45) is 5.92 Å². The van der Waals surface area contributed by atoms with Gasteiger partial charge in [-0.15, -0.1) is 11.3 Å². The van der Waals surface area contributed by atoms with Crippen molar-refractivity contribution < 1.29 is 9.90 Å². The zero-order valence-electron chi connectivity index (χ0n) is 11.9. The van der Waals surface area contributed by atoms with E-state index in [1.807, 2.05) is 29.6 Å². The van der Waals surface area contributed by atoms with Gasteiger partial charge in [-0.05, 0) is 30.9 Å². The molecule has 1 fully saturated rings. The highest BCUT2D eigenvalue weighted by Crippen LogP contribution is 2.32. The molecule has 1 aromatic carbocycles. The number of rotatable bonds is 5. The van der Waals surface area contributed by atoms with Crippen LogP contribution in [-0.4, -0.2) is 40.6 Å². The molecule has 1 heterocycles. The molecule has 1 atom stereocenters. The topological polar surface area (TPSA) is 53.4 Å². The second kappa shape index (κ2) is 5.95. The Morgan fingerprint density at radius 3 is 2.71 bits per heavy atom. The number of amides is 1. The van der Waals surface area contributed by atoms with E-state index >= 15 is 0 Å². The summed E-state index contributed by atoms with van der Waals surface area (Å²) in [5, 5.41) is 11.9. The SMILES string of the molecule is CN(CC(O)C1CC1)C(=O)c1ccc(-c2cscn2)cc1. The highest BCUT2D eigenvalue weighted by molar-refractivity contribution is 7.07. The van der Waals surface area contributed by atoms with Crippen LogP contribution in [0.3, 0.4) is 0 Å². The van der Waals surface area contributed by atoms with E-state index in [2.05, 4.69) is 4.98 Å². The van der Waals surface area contributed by atoms with Crippen molar-refractivity contribution in [2.75, 3.05) is 13.6 Å². The van der Waals surface area contributed by atoms with Gasteiger partial charge in [-0.2, -0.15) is 0 Å². The van der Waals surface area contributed by atoms with Crippen LogP contribution in [0.4, 0.5) is 0 Å². The Morgan fingerprint density at radius 2 is 2.14 bits per heavy atom. The number of benzene rings is 1. The van der Waals surface area contributed by atoms with Gasteiger partial charge in [-0.25, -0.2) is 4.98 Å². The number of aromatic nitrogens is 1. The summed E-state index contributed by atoms with van der Waals surface area (Å²) in [5.74, 6) is 0.326. The first kappa shape index (κ1) is 14.2. The predicted octanol–water partition coefficient (Wildman–Crippen LogP) is 2.65. The minimum atomic E-state index is -0.395. The fourth-order valence-corrected chi connectivity index (χ4v) is 2.91. The molecule has 1 saturated carbocycles. The van der Waals surface area contributed by atoms with Gasteiger partial charge in [0, 0.05) is 30.1 Å². The smallest absolute Gasteiger partial charge is 0.253 e. The maximum Gasteiger partial charge on any atom is 0.253 e. The first-order valence-electron chi connectivity index (χ1n) is 7.07. The van der Waals surface area contributed by atoms with Gasteiger partial charge >= 0.3 is 0 Å². The molecule has 1 amide bonds. The van der Waals surface area contributed by atoms with Crippen molar-refractivity contribution in [3.63, 3.8) is 0 Å². The molecule has 1 N–H and O–H groups in total. The van der Waals surface area contributed by atoms with Crippen LogP contribution in [-0.2, 0) is 0 Å². The summed E-state index contributed by atoms with van der Waals surface area (Å²) in [4.78, 5) is 18.2. The van der Waals surface area contributed by atoms with Gasteiger partial charge in [-0.1, -0.05) is 12.1 Å². The summed E-state index contributed by atoms with van der Waals surface area (Å²) in [6.07, 6.45) is 1.75. The monoisotopic (exact) mass is 302 g/mol. The fraction of sp³-hybridized carbons (Fsp3) is 0.375. The third-order valence-corrected chi connectivity index (χ3v) is 4.42. The highest BCUT2D eigenvalue weighted by Gasteiger charge is 2.31. The Bertz CT molecular complexity index is 606. The van der Waals surface area contributed by atoms with Crippen LogP contribution in [0.1, 0.15) is 23.2 Å². The zero-order chi connectivity index (χ0) is 14.8. The second-order valence-corrected chi connectivity index (χ2v) is 6.26. The lowest BCUT2D eigenvalue weighted by Gasteiger charge is -2.20. The van der Waals surface area contributed by atoms with Crippen molar-refractivity contribution in [3.8, 4) is 11.3 Å². The van der Waals surface area contributed by atoms with Crippen LogP contribution in [0, 0.1) is 5.92 Å². The number of aliphatic hydroxyl groups excluding tert-OH is 1. The van der Waals surface area contributed by atoms with Crippen LogP contribution < -0.4 is 0 Å². The van der Waals surface area contributed by atoms with E-state index in [4.69, 9.17) is 0 Å². The molecule has 0 bridgehead atoms. The van der Waals surface area contributed by atoms with Crippen molar-refractivity contribution in [2.45, 2.75) is 18.9 Å². The third-order valence-electron chi connectivity index (χ3n) is 3.83. The summed E-state index contributed by atoms with van der Waals surface area (Å²) in [7, 11) is 1.74. The Labute approximate surface area is 128 Å². The predicted molar refractivity (Wildman–Crippen MR) is 83.2 cm³/mol. The molecule has 0 radical (unpaired) electrons. The maximum atomic E-state index is 12.3. The summed E-state index contributed by atoms with van der Waals surface area (Å²) >= 11 is 1.55. The largest absolute Gasteiger partial charge is 0.391 e. The standard InChI is InChI=1S/C16H18N2O2S/c1-18(8-15(19)12-4-5-12)16(20)13-6-2-11(3-7-13)14-9-21-10-17-14/h2-3,6-7,9-10,12,15,19H,4-5,8H2,1H3. The van der Waals surface area contributed by atoms with E-state index in [1.165, 1.54) is 0 Å². The van der Waals surface area contributed by atoms with Gasteiger partial charge in [0.05, 0.1) is 17.3 Å². The molecule has 1 aliphatic rings. The molecule has 1 aromatic heterocycles. The van der Waals surface area contributed by atoms with E-state index in [0.29, 0.717) is 18.0 Å². The van der Waals surface area contributed by atoms with Crippen LogP contribution >= 0.6 is 11.3 Å². The Hall–Kier alpha value is -1.72. The Kier molecular flexibility index (Phi) is 4.03. The highest BCUT2D eigenvalue weighted by atomic mass is 32.1. The first-order chi connectivity index (χ1) is 10.1. The van der Waals surface area contributed by atoms with Gasteiger partial charge < -0.3 is 10.0 Å². The minimum absolute atomic E-state index is 0.0560. The second-order valence-electron chi connectivity index (χ2n) is 5.54. The number of hydrogen-bond donors (Lipinski definition) is 1. The van der Waals surface area contributed by atoms with Crippen molar-refractivity contribution >= 4 is 17.2 Å². The van der Waals surface area contributed by atoms with Crippen molar-refractivity contribution in [1.82, 2.24) is 9.88 Å². The number of nitrogens with zero attached hydrogens (tertiary/aromatic N) is 2. The molecular formula is C16H18N2O2S. The number of aliphatic hydroxyl groups is 1. The van der Waals surface area contributed by atoms with E-state index < -0.39 is 6.10 Å². The van der Waals surface area contributed by atoms with Crippen LogP contribution in [0.25, 0.3) is 11.3 Å². The Balaban J connectivity index is 1.66.